The van der Waals surface area contributed by atoms with Gasteiger partial charge >= 0.3 is 5.97 Å². The Labute approximate surface area is 101 Å². The van der Waals surface area contributed by atoms with E-state index < -0.39 is 5.97 Å². The fourth-order valence-corrected chi connectivity index (χ4v) is 2.47. The van der Waals surface area contributed by atoms with Crippen molar-refractivity contribution in [3.05, 3.63) is 26.9 Å². The van der Waals surface area contributed by atoms with Gasteiger partial charge in [0.25, 0.3) is 0 Å². The Bertz CT molecular complexity index is 418. The van der Waals surface area contributed by atoms with Crippen LogP contribution in [0.25, 0.3) is 0 Å². The number of carboxylic acids is 1. The highest BCUT2D eigenvalue weighted by atomic mass is 79.9. The molecule has 0 bridgehead atoms. The quantitative estimate of drug-likeness (QED) is 0.849. The minimum absolute atomic E-state index is 0.0478. The molecule has 1 aliphatic carbocycles. The van der Waals surface area contributed by atoms with E-state index in [0.717, 1.165) is 23.0 Å². The monoisotopic (exact) mass is 289 g/mol. The van der Waals surface area contributed by atoms with Crippen LogP contribution in [-0.2, 0) is 0 Å². The van der Waals surface area contributed by atoms with Gasteiger partial charge in [-0.15, -0.1) is 0 Å². The number of rotatable bonds is 2. The van der Waals surface area contributed by atoms with Gasteiger partial charge in [-0.1, -0.05) is 18.0 Å². The number of pyridine rings is 1. The molecule has 0 aliphatic heterocycles. The van der Waals surface area contributed by atoms with Crippen LogP contribution in [0.1, 0.15) is 41.2 Å². The molecule has 15 heavy (non-hydrogen) atoms. The van der Waals surface area contributed by atoms with E-state index in [4.69, 9.17) is 16.7 Å². The third-order valence-corrected chi connectivity index (χ3v) is 3.60. The zero-order valence-corrected chi connectivity index (χ0v) is 10.2. The van der Waals surface area contributed by atoms with E-state index in [2.05, 4.69) is 20.9 Å². The second-order valence-electron chi connectivity index (χ2n) is 3.63. The van der Waals surface area contributed by atoms with E-state index in [0.29, 0.717) is 5.92 Å². The van der Waals surface area contributed by atoms with Crippen LogP contribution in [0.4, 0.5) is 0 Å². The molecule has 1 saturated carbocycles. The van der Waals surface area contributed by atoms with Crippen molar-refractivity contribution in [3.8, 4) is 0 Å². The molecular formula is C10H9BrClNO2. The SMILES string of the molecule is O=C(O)c1cc(Br)c(C2CCC2)nc1Cl. The Hall–Kier alpha value is -0.610. The second-order valence-corrected chi connectivity index (χ2v) is 4.84. The summed E-state index contributed by atoms with van der Waals surface area (Å²) in [5.74, 6) is -0.618. The third-order valence-electron chi connectivity index (χ3n) is 2.68. The standard InChI is InChI=1S/C10H9BrClNO2/c11-7-4-6(10(14)15)9(12)13-8(7)5-2-1-3-5/h4-5H,1-3H2,(H,14,15). The Morgan fingerprint density at radius 3 is 2.73 bits per heavy atom. The summed E-state index contributed by atoms with van der Waals surface area (Å²) in [7, 11) is 0. The first-order valence-corrected chi connectivity index (χ1v) is 5.86. The fourth-order valence-electron chi connectivity index (χ4n) is 1.60. The summed E-state index contributed by atoms with van der Waals surface area (Å²) in [4.78, 5) is 14.9. The van der Waals surface area contributed by atoms with Crippen molar-refractivity contribution < 1.29 is 9.90 Å². The molecule has 3 nitrogen and oxygen atoms in total. The summed E-state index contributed by atoms with van der Waals surface area (Å²) in [5.41, 5.74) is 0.933. The number of carbonyl (C=O) groups is 1. The minimum Gasteiger partial charge on any atom is -0.478 e. The fraction of sp³-hybridized carbons (Fsp3) is 0.400. The van der Waals surface area contributed by atoms with Gasteiger partial charge in [0.15, 0.2) is 0 Å². The van der Waals surface area contributed by atoms with Crippen LogP contribution in [-0.4, -0.2) is 16.1 Å². The molecule has 1 aliphatic rings. The normalized spacial score (nSPS) is 16.1. The molecule has 1 aromatic heterocycles. The molecule has 5 heteroatoms. The van der Waals surface area contributed by atoms with Crippen molar-refractivity contribution in [3.63, 3.8) is 0 Å². The first kappa shape index (κ1) is 10.9. The Balaban J connectivity index is 2.42. The van der Waals surface area contributed by atoms with Crippen LogP contribution in [0.2, 0.25) is 5.15 Å². The smallest absolute Gasteiger partial charge is 0.338 e. The molecule has 1 N–H and O–H groups in total. The highest BCUT2D eigenvalue weighted by Gasteiger charge is 2.25. The van der Waals surface area contributed by atoms with E-state index >= 15 is 0 Å². The first-order valence-electron chi connectivity index (χ1n) is 4.69. The van der Waals surface area contributed by atoms with Crippen LogP contribution < -0.4 is 0 Å². The van der Waals surface area contributed by atoms with E-state index in [1.54, 1.807) is 0 Å². The van der Waals surface area contributed by atoms with Gasteiger partial charge in [0.05, 0.1) is 11.3 Å². The molecule has 0 unspecified atom stereocenters. The molecular weight excluding hydrogens is 281 g/mol. The van der Waals surface area contributed by atoms with Crippen LogP contribution in [0.15, 0.2) is 10.5 Å². The first-order chi connectivity index (χ1) is 7.09. The summed E-state index contributed by atoms with van der Waals surface area (Å²) in [6.07, 6.45) is 3.42. The molecule has 1 heterocycles. The van der Waals surface area contributed by atoms with Crippen molar-refractivity contribution in [2.75, 3.05) is 0 Å². The van der Waals surface area contributed by atoms with Crippen LogP contribution >= 0.6 is 27.5 Å². The molecule has 0 saturated heterocycles. The summed E-state index contributed by atoms with van der Waals surface area (Å²) >= 11 is 9.15. The largest absolute Gasteiger partial charge is 0.478 e. The molecule has 0 aromatic carbocycles. The van der Waals surface area contributed by atoms with E-state index in [1.165, 1.54) is 12.5 Å². The molecule has 0 atom stereocenters. The average Bonchev–Trinajstić information content (AvgIpc) is 2.07. The predicted molar refractivity (Wildman–Crippen MR) is 60.5 cm³/mol. The molecule has 0 spiro atoms. The summed E-state index contributed by atoms with van der Waals surface area (Å²) in [6, 6.07) is 1.53. The van der Waals surface area contributed by atoms with Gasteiger partial charge in [-0.05, 0) is 34.8 Å². The highest BCUT2D eigenvalue weighted by molar-refractivity contribution is 9.10. The number of hydrogen-bond donors (Lipinski definition) is 1. The second kappa shape index (κ2) is 4.10. The number of halogens is 2. The predicted octanol–water partition coefficient (Wildman–Crippen LogP) is 3.46. The summed E-state index contributed by atoms with van der Waals surface area (Å²) in [5, 5.41) is 8.92. The molecule has 1 fully saturated rings. The average molecular weight is 291 g/mol. The maximum Gasteiger partial charge on any atom is 0.338 e. The van der Waals surface area contributed by atoms with Crippen molar-refractivity contribution >= 4 is 33.5 Å². The molecule has 1 aromatic rings. The summed E-state index contributed by atoms with van der Waals surface area (Å²) in [6.45, 7) is 0. The van der Waals surface area contributed by atoms with Gasteiger partial charge in [-0.25, -0.2) is 9.78 Å². The van der Waals surface area contributed by atoms with Gasteiger partial charge < -0.3 is 5.11 Å². The minimum atomic E-state index is -1.05. The Morgan fingerprint density at radius 1 is 1.60 bits per heavy atom. The number of nitrogens with zero attached hydrogens (tertiary/aromatic N) is 1. The van der Waals surface area contributed by atoms with Crippen molar-refractivity contribution in [2.24, 2.45) is 0 Å². The Morgan fingerprint density at radius 2 is 2.27 bits per heavy atom. The summed E-state index contributed by atoms with van der Waals surface area (Å²) < 4.78 is 0.744. The van der Waals surface area contributed by atoms with E-state index in [1.807, 2.05) is 0 Å². The topological polar surface area (TPSA) is 50.2 Å². The van der Waals surface area contributed by atoms with Crippen molar-refractivity contribution in [2.45, 2.75) is 25.2 Å². The zero-order valence-electron chi connectivity index (χ0n) is 7.83. The molecule has 80 valence electrons. The number of aromatic nitrogens is 1. The van der Waals surface area contributed by atoms with Crippen molar-refractivity contribution in [1.29, 1.82) is 0 Å². The lowest BCUT2D eigenvalue weighted by molar-refractivity contribution is 0.0696. The zero-order chi connectivity index (χ0) is 11.0. The molecule has 0 radical (unpaired) electrons. The third kappa shape index (κ3) is 2.01. The Kier molecular flexibility index (Phi) is 2.98. The van der Waals surface area contributed by atoms with Gasteiger partial charge in [0.1, 0.15) is 5.15 Å². The lowest BCUT2D eigenvalue weighted by Crippen LogP contribution is -2.13. The number of carboxylic acid groups (broad SMARTS) is 1. The maximum absolute atomic E-state index is 10.8. The van der Waals surface area contributed by atoms with Gasteiger partial charge in [0.2, 0.25) is 0 Å². The molecule has 0 amide bonds. The van der Waals surface area contributed by atoms with Gasteiger partial charge in [-0.3, -0.25) is 0 Å². The van der Waals surface area contributed by atoms with E-state index in [9.17, 15) is 4.79 Å². The molecule has 2 rings (SSSR count). The highest BCUT2D eigenvalue weighted by Crippen LogP contribution is 2.39. The van der Waals surface area contributed by atoms with Crippen LogP contribution in [0.3, 0.4) is 0 Å². The van der Waals surface area contributed by atoms with Gasteiger partial charge in [0, 0.05) is 10.4 Å². The van der Waals surface area contributed by atoms with Gasteiger partial charge in [-0.2, -0.15) is 0 Å². The lowest BCUT2D eigenvalue weighted by atomic mass is 9.82. The van der Waals surface area contributed by atoms with Crippen LogP contribution in [0.5, 0.6) is 0 Å². The lowest BCUT2D eigenvalue weighted by Gasteiger charge is -2.25. The van der Waals surface area contributed by atoms with Crippen molar-refractivity contribution in [1.82, 2.24) is 4.98 Å². The van der Waals surface area contributed by atoms with E-state index in [-0.39, 0.29) is 10.7 Å². The van der Waals surface area contributed by atoms with Crippen LogP contribution in [0, 0.1) is 0 Å². The number of hydrogen-bond acceptors (Lipinski definition) is 2. The maximum atomic E-state index is 10.8. The number of aromatic carboxylic acids is 1.